The van der Waals surface area contributed by atoms with Gasteiger partial charge in [-0.1, -0.05) is 29.5 Å². The van der Waals surface area contributed by atoms with Gasteiger partial charge in [0.1, 0.15) is 5.69 Å². The fourth-order valence-corrected chi connectivity index (χ4v) is 2.97. The summed E-state index contributed by atoms with van der Waals surface area (Å²) in [5, 5.41) is 17.5. The first kappa shape index (κ1) is 14.5. The van der Waals surface area contributed by atoms with E-state index in [-0.39, 0.29) is 0 Å². The van der Waals surface area contributed by atoms with Crippen molar-refractivity contribution in [2.45, 2.75) is 6.54 Å². The minimum absolute atomic E-state index is 0.691. The van der Waals surface area contributed by atoms with Gasteiger partial charge in [-0.2, -0.15) is 5.10 Å². The molecule has 0 bridgehead atoms. The molecular weight excluding hydrogens is 320 g/mol. The summed E-state index contributed by atoms with van der Waals surface area (Å²) in [6.07, 6.45) is 5.45. The third-order valence-corrected chi connectivity index (χ3v) is 4.36. The highest BCUT2D eigenvalue weighted by Crippen LogP contribution is 2.24. The molecule has 0 unspecified atom stereocenters. The van der Waals surface area contributed by atoms with E-state index >= 15 is 0 Å². The van der Waals surface area contributed by atoms with Gasteiger partial charge in [0, 0.05) is 25.1 Å². The van der Waals surface area contributed by atoms with Crippen molar-refractivity contribution in [1.82, 2.24) is 25.0 Å². The molecular formula is C17H14N6S. The molecule has 0 aliphatic carbocycles. The normalized spacial score (nSPS) is 10.7. The van der Waals surface area contributed by atoms with E-state index in [1.165, 1.54) is 16.9 Å². The van der Waals surface area contributed by atoms with Crippen LogP contribution in [0.5, 0.6) is 0 Å². The minimum Gasteiger partial charge on any atom is -0.356 e. The van der Waals surface area contributed by atoms with Crippen molar-refractivity contribution in [3.8, 4) is 16.4 Å². The number of nitrogens with zero attached hydrogens (tertiary/aromatic N) is 5. The number of anilines is 1. The molecule has 1 N–H and O–H groups in total. The Balaban J connectivity index is 1.41. The maximum absolute atomic E-state index is 4.29. The van der Waals surface area contributed by atoms with Crippen LogP contribution < -0.4 is 5.32 Å². The lowest BCUT2D eigenvalue weighted by Crippen LogP contribution is -2.00. The van der Waals surface area contributed by atoms with Crippen LogP contribution in [-0.2, 0) is 6.54 Å². The Labute approximate surface area is 142 Å². The molecule has 4 rings (SSSR count). The van der Waals surface area contributed by atoms with Crippen molar-refractivity contribution in [2.24, 2.45) is 0 Å². The fraction of sp³-hybridized carbons (Fsp3) is 0.0588. The zero-order chi connectivity index (χ0) is 16.2. The van der Waals surface area contributed by atoms with Crippen LogP contribution in [0.1, 0.15) is 5.56 Å². The van der Waals surface area contributed by atoms with E-state index < -0.39 is 0 Å². The van der Waals surface area contributed by atoms with Crippen molar-refractivity contribution in [3.63, 3.8) is 0 Å². The summed E-state index contributed by atoms with van der Waals surface area (Å²) in [6, 6.07) is 15.9. The number of nitrogens with one attached hydrogen (secondary N) is 1. The van der Waals surface area contributed by atoms with E-state index in [0.717, 1.165) is 21.5 Å². The lowest BCUT2D eigenvalue weighted by atomic mass is 10.2. The molecule has 3 aromatic heterocycles. The Morgan fingerprint density at radius 1 is 0.958 bits per heavy atom. The van der Waals surface area contributed by atoms with E-state index in [1.54, 1.807) is 12.4 Å². The predicted octanol–water partition coefficient (Wildman–Crippen LogP) is 3.40. The SMILES string of the molecule is c1ccc(-c2nnc(NCc3ccc(-n4cccn4)cc3)s2)nc1. The first-order chi connectivity index (χ1) is 11.9. The van der Waals surface area contributed by atoms with Gasteiger partial charge in [0.25, 0.3) is 0 Å². The van der Waals surface area contributed by atoms with Crippen molar-refractivity contribution in [1.29, 1.82) is 0 Å². The average molecular weight is 334 g/mol. The van der Waals surface area contributed by atoms with Gasteiger partial charge in [-0.3, -0.25) is 4.98 Å². The molecule has 7 heteroatoms. The van der Waals surface area contributed by atoms with Crippen LogP contribution in [0.2, 0.25) is 0 Å². The number of hydrogen-bond donors (Lipinski definition) is 1. The zero-order valence-electron chi connectivity index (χ0n) is 12.7. The van der Waals surface area contributed by atoms with Crippen molar-refractivity contribution in [2.75, 3.05) is 5.32 Å². The third-order valence-electron chi connectivity index (χ3n) is 3.46. The summed E-state index contributed by atoms with van der Waals surface area (Å²) in [7, 11) is 0. The Morgan fingerprint density at radius 3 is 2.62 bits per heavy atom. The predicted molar refractivity (Wildman–Crippen MR) is 94.0 cm³/mol. The molecule has 0 fully saturated rings. The smallest absolute Gasteiger partial charge is 0.206 e. The molecule has 4 aromatic rings. The van der Waals surface area contributed by atoms with Crippen molar-refractivity contribution in [3.05, 3.63) is 72.7 Å². The van der Waals surface area contributed by atoms with E-state index in [2.05, 4.69) is 37.7 Å². The molecule has 6 nitrogen and oxygen atoms in total. The van der Waals surface area contributed by atoms with Crippen LogP contribution in [-0.4, -0.2) is 25.0 Å². The van der Waals surface area contributed by atoms with Gasteiger partial charge in [-0.05, 0) is 35.9 Å². The van der Waals surface area contributed by atoms with Crippen LogP contribution in [0.4, 0.5) is 5.13 Å². The summed E-state index contributed by atoms with van der Waals surface area (Å²) in [4.78, 5) is 4.29. The lowest BCUT2D eigenvalue weighted by molar-refractivity contribution is 0.879. The first-order valence-corrected chi connectivity index (χ1v) is 8.28. The average Bonchev–Trinajstić information content (AvgIpc) is 3.33. The molecule has 0 saturated heterocycles. The first-order valence-electron chi connectivity index (χ1n) is 7.46. The van der Waals surface area contributed by atoms with Gasteiger partial charge in [-0.25, -0.2) is 4.68 Å². The second kappa shape index (κ2) is 6.59. The van der Waals surface area contributed by atoms with Gasteiger partial charge < -0.3 is 5.32 Å². The van der Waals surface area contributed by atoms with Gasteiger partial charge in [-0.15, -0.1) is 10.2 Å². The highest BCUT2D eigenvalue weighted by atomic mass is 32.1. The molecule has 118 valence electrons. The fourth-order valence-electron chi connectivity index (χ4n) is 2.25. The molecule has 0 radical (unpaired) electrons. The number of aromatic nitrogens is 5. The van der Waals surface area contributed by atoms with Gasteiger partial charge >= 0.3 is 0 Å². The van der Waals surface area contributed by atoms with E-state index in [0.29, 0.717) is 6.54 Å². The molecule has 0 atom stereocenters. The van der Waals surface area contributed by atoms with Crippen LogP contribution in [0.15, 0.2) is 67.1 Å². The highest BCUT2D eigenvalue weighted by Gasteiger charge is 2.07. The van der Waals surface area contributed by atoms with Gasteiger partial charge in [0.05, 0.1) is 5.69 Å². The zero-order valence-corrected chi connectivity index (χ0v) is 13.5. The molecule has 0 saturated carbocycles. The van der Waals surface area contributed by atoms with E-state index in [4.69, 9.17) is 0 Å². The van der Waals surface area contributed by atoms with Crippen molar-refractivity contribution < 1.29 is 0 Å². The molecule has 0 aliphatic rings. The number of rotatable bonds is 5. The number of pyridine rings is 1. The molecule has 0 spiro atoms. The summed E-state index contributed by atoms with van der Waals surface area (Å²) in [5.41, 5.74) is 3.05. The highest BCUT2D eigenvalue weighted by molar-refractivity contribution is 7.18. The topological polar surface area (TPSA) is 68.5 Å². The van der Waals surface area contributed by atoms with Gasteiger partial charge in [0.15, 0.2) is 5.01 Å². The monoisotopic (exact) mass is 334 g/mol. The third kappa shape index (κ3) is 3.16. The van der Waals surface area contributed by atoms with Crippen LogP contribution in [0.3, 0.4) is 0 Å². The van der Waals surface area contributed by atoms with Crippen LogP contribution in [0.25, 0.3) is 16.4 Å². The summed E-state index contributed by atoms with van der Waals surface area (Å²) >= 11 is 1.50. The second-order valence-corrected chi connectivity index (χ2v) is 6.08. The minimum atomic E-state index is 0.691. The number of hydrogen-bond acceptors (Lipinski definition) is 6. The Morgan fingerprint density at radius 2 is 1.88 bits per heavy atom. The molecule has 24 heavy (non-hydrogen) atoms. The Kier molecular flexibility index (Phi) is 3.99. The molecule has 3 heterocycles. The largest absolute Gasteiger partial charge is 0.356 e. The van der Waals surface area contributed by atoms with Crippen LogP contribution >= 0.6 is 11.3 Å². The number of benzene rings is 1. The molecule has 0 amide bonds. The van der Waals surface area contributed by atoms with Gasteiger partial charge in [0.2, 0.25) is 5.13 Å². The Bertz CT molecular complexity index is 900. The maximum atomic E-state index is 4.29. The summed E-state index contributed by atoms with van der Waals surface area (Å²) in [6.45, 7) is 0.691. The summed E-state index contributed by atoms with van der Waals surface area (Å²) < 4.78 is 1.83. The quantitative estimate of drug-likeness (QED) is 0.606. The summed E-state index contributed by atoms with van der Waals surface area (Å²) in [5.74, 6) is 0. The maximum Gasteiger partial charge on any atom is 0.206 e. The van der Waals surface area contributed by atoms with E-state index in [1.807, 2.05) is 47.3 Å². The lowest BCUT2D eigenvalue weighted by Gasteiger charge is -2.05. The van der Waals surface area contributed by atoms with E-state index in [9.17, 15) is 0 Å². The Hall–Kier alpha value is -3.06. The van der Waals surface area contributed by atoms with Crippen molar-refractivity contribution >= 4 is 16.5 Å². The molecule has 1 aromatic carbocycles. The van der Waals surface area contributed by atoms with Crippen LogP contribution in [0, 0.1) is 0 Å². The standard InChI is InChI=1S/C17H14N6S/c1-2-9-18-15(4-1)16-21-22-17(24-16)19-12-13-5-7-14(8-6-13)23-11-3-10-20-23/h1-11H,12H2,(H,19,22). The molecule has 0 aliphatic heterocycles. The second-order valence-electron chi connectivity index (χ2n) is 5.10.